The largest absolute Gasteiger partial charge is 0.311 e. The maximum absolute atomic E-state index is 12.3. The normalized spacial score (nSPS) is 35.8. The van der Waals surface area contributed by atoms with Crippen molar-refractivity contribution in [1.82, 2.24) is 10.0 Å². The lowest BCUT2D eigenvalue weighted by atomic mass is 9.70. The Bertz CT molecular complexity index is 581. The molecule has 0 radical (unpaired) electrons. The van der Waals surface area contributed by atoms with E-state index in [1.807, 2.05) is 0 Å². The van der Waals surface area contributed by atoms with E-state index >= 15 is 0 Å². The molecule has 2 heterocycles. The highest BCUT2D eigenvalue weighted by Gasteiger charge is 2.43. The van der Waals surface area contributed by atoms with Crippen molar-refractivity contribution < 1.29 is 16.8 Å². The fourth-order valence-electron chi connectivity index (χ4n) is 3.58. The summed E-state index contributed by atoms with van der Waals surface area (Å²) in [7, 11) is -6.69. The second kappa shape index (κ2) is 4.93. The molecule has 2 atom stereocenters. The van der Waals surface area contributed by atoms with E-state index in [1.165, 1.54) is 6.42 Å². The lowest BCUT2D eigenvalue weighted by Crippen LogP contribution is -2.60. The van der Waals surface area contributed by atoms with Crippen LogP contribution in [0.15, 0.2) is 0 Å². The first-order chi connectivity index (χ1) is 9.30. The summed E-state index contributed by atoms with van der Waals surface area (Å²) in [6.07, 6.45) is 5.26. The number of sulfone groups is 1. The molecule has 3 aliphatic rings. The van der Waals surface area contributed by atoms with Crippen molar-refractivity contribution in [2.24, 2.45) is 0 Å². The van der Waals surface area contributed by atoms with Crippen molar-refractivity contribution in [2.45, 2.75) is 55.4 Å². The molecule has 8 heteroatoms. The Morgan fingerprint density at radius 3 is 2.50 bits per heavy atom. The minimum atomic E-state index is -3.52. The van der Waals surface area contributed by atoms with Gasteiger partial charge in [-0.2, -0.15) is 0 Å². The predicted octanol–water partition coefficient (Wildman–Crippen LogP) is -0.232. The van der Waals surface area contributed by atoms with E-state index in [9.17, 15) is 16.8 Å². The molecule has 1 saturated carbocycles. The van der Waals surface area contributed by atoms with Crippen LogP contribution in [-0.4, -0.2) is 51.7 Å². The van der Waals surface area contributed by atoms with Gasteiger partial charge in [0.25, 0.3) is 0 Å². The first-order valence-electron chi connectivity index (χ1n) is 7.27. The van der Waals surface area contributed by atoms with Gasteiger partial charge < -0.3 is 5.32 Å². The number of sulfonamides is 1. The standard InChI is InChI=1S/C12H22N2O4S2/c15-19(16)7-3-11(9-19)20(17,18)14-10-2-6-13-12(8-10)4-1-5-12/h10-11,13-14H,1-9H2. The van der Waals surface area contributed by atoms with Gasteiger partial charge in [-0.15, -0.1) is 0 Å². The van der Waals surface area contributed by atoms with Gasteiger partial charge in [0.05, 0.1) is 16.8 Å². The molecule has 2 unspecified atom stereocenters. The molecule has 3 rings (SSSR count). The predicted molar refractivity (Wildman–Crippen MR) is 76.7 cm³/mol. The summed E-state index contributed by atoms with van der Waals surface area (Å²) in [5.74, 6) is -0.229. The van der Waals surface area contributed by atoms with Crippen LogP contribution < -0.4 is 10.0 Å². The van der Waals surface area contributed by atoms with Gasteiger partial charge in [-0.25, -0.2) is 21.6 Å². The van der Waals surface area contributed by atoms with Crippen molar-refractivity contribution in [3.8, 4) is 0 Å². The fourth-order valence-corrected chi connectivity index (χ4v) is 7.89. The molecule has 6 nitrogen and oxygen atoms in total. The lowest BCUT2D eigenvalue weighted by molar-refractivity contribution is 0.126. The minimum absolute atomic E-state index is 0.00522. The number of nitrogens with one attached hydrogen (secondary N) is 2. The first kappa shape index (κ1) is 14.7. The highest BCUT2D eigenvalue weighted by atomic mass is 32.2. The van der Waals surface area contributed by atoms with E-state index in [1.54, 1.807) is 0 Å². The second-order valence-electron chi connectivity index (χ2n) is 6.44. The van der Waals surface area contributed by atoms with Gasteiger partial charge >= 0.3 is 0 Å². The topological polar surface area (TPSA) is 92.3 Å². The summed E-state index contributed by atoms with van der Waals surface area (Å²) < 4.78 is 50.3. The lowest BCUT2D eigenvalue weighted by Gasteiger charge is -2.48. The fraction of sp³-hybridized carbons (Fsp3) is 1.00. The van der Waals surface area contributed by atoms with Gasteiger partial charge in [0.2, 0.25) is 10.0 Å². The highest BCUT2D eigenvalue weighted by molar-refractivity contribution is 7.95. The van der Waals surface area contributed by atoms with Crippen molar-refractivity contribution in [2.75, 3.05) is 18.1 Å². The molecule has 2 saturated heterocycles. The molecule has 2 aliphatic heterocycles. The molecule has 2 N–H and O–H groups in total. The maximum atomic E-state index is 12.3. The van der Waals surface area contributed by atoms with E-state index in [2.05, 4.69) is 10.0 Å². The monoisotopic (exact) mass is 322 g/mol. The Hall–Kier alpha value is -0.180. The zero-order chi connectivity index (χ0) is 14.4. The third-order valence-electron chi connectivity index (χ3n) is 4.90. The second-order valence-corrected chi connectivity index (χ2v) is 10.7. The summed E-state index contributed by atoms with van der Waals surface area (Å²) in [5, 5.41) is 2.74. The van der Waals surface area contributed by atoms with Crippen LogP contribution in [-0.2, 0) is 19.9 Å². The Labute approximate surface area is 120 Å². The molecule has 3 fully saturated rings. The SMILES string of the molecule is O=S1(=O)CCC(S(=O)(=O)NC2CCNC3(CCC3)C2)C1. The van der Waals surface area contributed by atoms with E-state index in [0.29, 0.717) is 0 Å². The molecule has 0 aromatic rings. The average Bonchev–Trinajstić information content (AvgIpc) is 2.68. The van der Waals surface area contributed by atoms with E-state index < -0.39 is 25.1 Å². The highest BCUT2D eigenvalue weighted by Crippen LogP contribution is 2.38. The Morgan fingerprint density at radius 2 is 1.95 bits per heavy atom. The molecular weight excluding hydrogens is 300 g/mol. The number of piperidine rings is 1. The number of hydrogen-bond donors (Lipinski definition) is 2. The Balaban J connectivity index is 1.64. The van der Waals surface area contributed by atoms with E-state index in [0.717, 1.165) is 32.2 Å². The third kappa shape index (κ3) is 2.88. The van der Waals surface area contributed by atoms with Crippen molar-refractivity contribution in [1.29, 1.82) is 0 Å². The van der Waals surface area contributed by atoms with Gasteiger partial charge in [0.1, 0.15) is 0 Å². The minimum Gasteiger partial charge on any atom is -0.311 e. The smallest absolute Gasteiger partial charge is 0.215 e. The quantitative estimate of drug-likeness (QED) is 0.749. The van der Waals surface area contributed by atoms with Crippen LogP contribution in [0.1, 0.15) is 38.5 Å². The van der Waals surface area contributed by atoms with E-state index in [4.69, 9.17) is 0 Å². The first-order valence-corrected chi connectivity index (χ1v) is 10.6. The zero-order valence-corrected chi connectivity index (χ0v) is 13.1. The number of hydrogen-bond acceptors (Lipinski definition) is 5. The molecule has 0 aromatic carbocycles. The van der Waals surface area contributed by atoms with Crippen LogP contribution in [0.2, 0.25) is 0 Å². The number of rotatable bonds is 3. The maximum Gasteiger partial charge on any atom is 0.215 e. The van der Waals surface area contributed by atoms with Crippen LogP contribution in [0, 0.1) is 0 Å². The van der Waals surface area contributed by atoms with Crippen LogP contribution >= 0.6 is 0 Å². The molecule has 1 spiro atoms. The van der Waals surface area contributed by atoms with Gasteiger partial charge in [0, 0.05) is 11.6 Å². The Morgan fingerprint density at radius 1 is 1.20 bits per heavy atom. The van der Waals surface area contributed by atoms with Gasteiger partial charge in [0.15, 0.2) is 9.84 Å². The summed E-state index contributed by atoms with van der Waals surface area (Å²) >= 11 is 0. The molecule has 1 aliphatic carbocycles. The van der Waals surface area contributed by atoms with Gasteiger partial charge in [-0.1, -0.05) is 0 Å². The average molecular weight is 322 g/mol. The molecule has 0 bridgehead atoms. The molecule has 0 aromatic heterocycles. The van der Waals surface area contributed by atoms with Crippen LogP contribution in [0.3, 0.4) is 0 Å². The summed E-state index contributed by atoms with van der Waals surface area (Å²) in [6.45, 7) is 0.830. The van der Waals surface area contributed by atoms with Crippen molar-refractivity contribution in [3.63, 3.8) is 0 Å². The molecular formula is C12H22N2O4S2. The molecule has 20 heavy (non-hydrogen) atoms. The molecule has 0 amide bonds. The summed E-state index contributed by atoms with van der Waals surface area (Å²) in [5.41, 5.74) is 0.132. The van der Waals surface area contributed by atoms with Crippen molar-refractivity contribution in [3.05, 3.63) is 0 Å². The summed E-state index contributed by atoms with van der Waals surface area (Å²) in [4.78, 5) is 0. The third-order valence-corrected chi connectivity index (χ3v) is 8.82. The van der Waals surface area contributed by atoms with E-state index in [-0.39, 0.29) is 29.5 Å². The van der Waals surface area contributed by atoms with Gasteiger partial charge in [-0.05, 0) is 45.1 Å². The van der Waals surface area contributed by atoms with Crippen molar-refractivity contribution >= 4 is 19.9 Å². The zero-order valence-electron chi connectivity index (χ0n) is 11.5. The molecule has 116 valence electrons. The van der Waals surface area contributed by atoms with Gasteiger partial charge in [-0.3, -0.25) is 0 Å². The summed E-state index contributed by atoms with van der Waals surface area (Å²) in [6, 6.07) is -0.0511. The Kier molecular flexibility index (Phi) is 3.63. The van der Waals surface area contributed by atoms with Crippen LogP contribution in [0.4, 0.5) is 0 Å². The van der Waals surface area contributed by atoms with Crippen LogP contribution in [0.25, 0.3) is 0 Å². The van der Waals surface area contributed by atoms with Crippen LogP contribution in [0.5, 0.6) is 0 Å².